The monoisotopic (exact) mass is 1380 g/mol. The Balaban J connectivity index is 0.000000139. The van der Waals surface area contributed by atoms with Crippen molar-refractivity contribution < 1.29 is 0 Å². The SMILES string of the molecule is c1ccc(-c2ccc(-c3nc(-c4cccc(-n5c6ccccc6c6cc7c8c9ccccc9ccc8n(-c8ccccc8)c7cc65)c4)nc4ccccc34)cc2)cc1.c1ccc(-c2nc(-c3ccccc3)nc(-c3ccc(-n4c5ccccc5c5cc6c7ccccc7n(-c7ccccc7)c6cc54)cc3)n2)cc1. The third-order valence-electron chi connectivity index (χ3n) is 21.3. The van der Waals surface area contributed by atoms with Crippen LogP contribution in [-0.4, -0.2) is 43.2 Å². The second kappa shape index (κ2) is 25.6. The Bertz CT molecular complexity index is 7190. The van der Waals surface area contributed by atoms with Crippen molar-refractivity contribution in [3.8, 4) is 90.7 Å². The van der Waals surface area contributed by atoms with Gasteiger partial charge >= 0.3 is 0 Å². The lowest BCUT2D eigenvalue weighted by molar-refractivity contribution is 1.07. The normalized spacial score (nSPS) is 11.7. The van der Waals surface area contributed by atoms with E-state index >= 15 is 0 Å². The van der Waals surface area contributed by atoms with Crippen molar-refractivity contribution in [1.29, 1.82) is 0 Å². The molecule has 0 saturated carbocycles. The molecule has 9 nitrogen and oxygen atoms in total. The van der Waals surface area contributed by atoms with Gasteiger partial charge in [-0.3, -0.25) is 0 Å². The molecular weight excluding hydrogens is 1320 g/mol. The summed E-state index contributed by atoms with van der Waals surface area (Å²) in [7, 11) is 0. The molecule has 22 aromatic rings. The van der Waals surface area contributed by atoms with Crippen LogP contribution in [0.25, 0.3) is 200 Å². The molecule has 0 aliphatic heterocycles. The predicted molar refractivity (Wildman–Crippen MR) is 447 cm³/mol. The van der Waals surface area contributed by atoms with Gasteiger partial charge in [-0.1, -0.05) is 267 Å². The summed E-state index contributed by atoms with van der Waals surface area (Å²) < 4.78 is 9.58. The van der Waals surface area contributed by atoms with Crippen molar-refractivity contribution >= 4 is 109 Å². The first-order valence-electron chi connectivity index (χ1n) is 36.5. The van der Waals surface area contributed by atoms with Crippen LogP contribution in [0.5, 0.6) is 0 Å². The lowest BCUT2D eigenvalue weighted by atomic mass is 10.0. The van der Waals surface area contributed by atoms with Gasteiger partial charge in [0, 0.05) is 99.0 Å². The average molecular weight is 1380 g/mol. The summed E-state index contributed by atoms with van der Waals surface area (Å²) in [5, 5.41) is 13.4. The fraction of sp³-hybridized carbons (Fsp3) is 0. The van der Waals surface area contributed by atoms with Gasteiger partial charge in [-0.25, -0.2) is 24.9 Å². The molecule has 504 valence electrons. The molecule has 108 heavy (non-hydrogen) atoms. The van der Waals surface area contributed by atoms with Gasteiger partial charge in [-0.2, -0.15) is 0 Å². The molecule has 16 aromatic carbocycles. The summed E-state index contributed by atoms with van der Waals surface area (Å²) >= 11 is 0. The number of rotatable bonds is 10. The summed E-state index contributed by atoms with van der Waals surface area (Å²) in [5.74, 6) is 2.64. The number of hydrogen-bond acceptors (Lipinski definition) is 5. The zero-order valence-corrected chi connectivity index (χ0v) is 58.4. The second-order valence-corrected chi connectivity index (χ2v) is 27.5. The van der Waals surface area contributed by atoms with E-state index < -0.39 is 0 Å². The molecule has 0 fully saturated rings. The Morgan fingerprint density at radius 3 is 1.07 bits per heavy atom. The fourth-order valence-electron chi connectivity index (χ4n) is 16.3. The van der Waals surface area contributed by atoms with Gasteiger partial charge in [0.2, 0.25) is 0 Å². The molecule has 0 radical (unpaired) electrons. The van der Waals surface area contributed by atoms with Crippen LogP contribution < -0.4 is 0 Å². The molecular formula is C99H63N9. The average Bonchev–Trinajstić information content (AvgIpc) is 1.66. The quantitative estimate of drug-likeness (QED) is 0.136. The Labute approximate surface area is 621 Å². The number of aromatic nitrogens is 9. The van der Waals surface area contributed by atoms with Crippen LogP contribution in [0.15, 0.2) is 382 Å². The molecule has 0 aliphatic rings. The first-order chi connectivity index (χ1) is 53.6. The van der Waals surface area contributed by atoms with Gasteiger partial charge < -0.3 is 18.3 Å². The molecule has 0 atom stereocenters. The van der Waals surface area contributed by atoms with Gasteiger partial charge in [0.05, 0.1) is 55.3 Å². The number of para-hydroxylation sites is 6. The first-order valence-corrected chi connectivity index (χ1v) is 36.5. The van der Waals surface area contributed by atoms with E-state index in [2.05, 4.69) is 334 Å². The summed E-state index contributed by atoms with van der Waals surface area (Å²) in [6.45, 7) is 0. The standard InChI is InChI=1S/C54H34N4.C45H29N5/c1-3-14-35(15-4-1)36-26-28-38(29-27-36)53-44-23-9-11-24-47(44)55-54(56-53)39-17-13-20-41(32-39)58-48-25-12-10-22-43(48)45-33-46-51(34-50(45)58)57(40-18-5-2-6-19-40)49-31-30-37-16-7-8-21-42(37)52(46)49;1-4-14-30(15-5-1)43-46-44(31-16-6-2-7-17-31)48-45(47-43)32-24-26-34(27-25-32)50-40-23-13-11-21-36(40)38-28-37-35-20-10-12-22-39(35)49(41(37)29-42(38)50)33-18-8-3-9-19-33/h1-34H;1-29H. The van der Waals surface area contributed by atoms with E-state index in [1.165, 1.54) is 87.1 Å². The highest BCUT2D eigenvalue weighted by atomic mass is 15.0. The van der Waals surface area contributed by atoms with Crippen molar-refractivity contribution in [2.75, 3.05) is 0 Å². The highest BCUT2D eigenvalue weighted by Gasteiger charge is 2.24. The molecule has 0 spiro atoms. The highest BCUT2D eigenvalue weighted by Crippen LogP contribution is 2.45. The lowest BCUT2D eigenvalue weighted by Gasteiger charge is -2.13. The zero-order chi connectivity index (χ0) is 71.2. The van der Waals surface area contributed by atoms with E-state index in [0.717, 1.165) is 89.2 Å². The molecule has 6 heterocycles. The predicted octanol–water partition coefficient (Wildman–Crippen LogP) is 25.0. The smallest absolute Gasteiger partial charge is 0.164 e. The van der Waals surface area contributed by atoms with E-state index in [1.54, 1.807) is 0 Å². The molecule has 0 saturated heterocycles. The second-order valence-electron chi connectivity index (χ2n) is 27.5. The maximum absolute atomic E-state index is 5.30. The van der Waals surface area contributed by atoms with Crippen LogP contribution in [0.1, 0.15) is 0 Å². The van der Waals surface area contributed by atoms with Crippen LogP contribution in [0, 0.1) is 0 Å². The Hall–Kier alpha value is -14.7. The third-order valence-corrected chi connectivity index (χ3v) is 21.3. The Morgan fingerprint density at radius 1 is 0.167 bits per heavy atom. The highest BCUT2D eigenvalue weighted by molar-refractivity contribution is 6.26. The molecule has 6 aromatic heterocycles. The van der Waals surface area contributed by atoms with Crippen LogP contribution in [0.2, 0.25) is 0 Å². The summed E-state index contributed by atoms with van der Waals surface area (Å²) in [6.07, 6.45) is 0. The molecule has 9 heteroatoms. The molecule has 0 aliphatic carbocycles. The van der Waals surface area contributed by atoms with Crippen molar-refractivity contribution in [2.24, 2.45) is 0 Å². The number of nitrogens with zero attached hydrogens (tertiary/aromatic N) is 9. The zero-order valence-electron chi connectivity index (χ0n) is 58.4. The van der Waals surface area contributed by atoms with Crippen LogP contribution >= 0.6 is 0 Å². The van der Waals surface area contributed by atoms with Gasteiger partial charge in [0.15, 0.2) is 23.3 Å². The van der Waals surface area contributed by atoms with Gasteiger partial charge in [-0.05, 0) is 137 Å². The molecule has 22 rings (SSSR count). The number of hydrogen-bond donors (Lipinski definition) is 0. The fourth-order valence-corrected chi connectivity index (χ4v) is 16.3. The van der Waals surface area contributed by atoms with Gasteiger partial charge in [-0.15, -0.1) is 0 Å². The largest absolute Gasteiger partial charge is 0.309 e. The maximum atomic E-state index is 5.30. The summed E-state index contributed by atoms with van der Waals surface area (Å²) in [6, 6.07) is 135. The van der Waals surface area contributed by atoms with Crippen LogP contribution in [0.3, 0.4) is 0 Å². The lowest BCUT2D eigenvalue weighted by Crippen LogP contribution is -2.00. The van der Waals surface area contributed by atoms with Gasteiger partial charge in [0.25, 0.3) is 0 Å². The minimum Gasteiger partial charge on any atom is -0.309 e. The van der Waals surface area contributed by atoms with Crippen LogP contribution in [-0.2, 0) is 0 Å². The van der Waals surface area contributed by atoms with E-state index in [9.17, 15) is 0 Å². The Morgan fingerprint density at radius 2 is 0.528 bits per heavy atom. The van der Waals surface area contributed by atoms with Gasteiger partial charge in [0.1, 0.15) is 0 Å². The summed E-state index contributed by atoms with van der Waals surface area (Å²) in [4.78, 5) is 25.2. The topological polar surface area (TPSA) is 84.2 Å². The summed E-state index contributed by atoms with van der Waals surface area (Å²) in [5.41, 5.74) is 22.8. The molecule has 0 bridgehead atoms. The van der Waals surface area contributed by atoms with Crippen molar-refractivity contribution in [3.63, 3.8) is 0 Å². The van der Waals surface area contributed by atoms with E-state index in [-0.39, 0.29) is 0 Å². The molecule has 0 unspecified atom stereocenters. The minimum atomic E-state index is 0.639. The molecule has 0 N–H and O–H groups in total. The van der Waals surface area contributed by atoms with E-state index in [0.29, 0.717) is 23.3 Å². The first kappa shape index (κ1) is 61.9. The number of fused-ring (bicyclic) bond motifs is 15. The number of benzene rings is 16. The Kier molecular flexibility index (Phi) is 14.7. The van der Waals surface area contributed by atoms with E-state index in [1.807, 2.05) is 66.7 Å². The maximum Gasteiger partial charge on any atom is 0.164 e. The van der Waals surface area contributed by atoms with Crippen LogP contribution in [0.4, 0.5) is 0 Å². The van der Waals surface area contributed by atoms with Crippen molar-refractivity contribution in [3.05, 3.63) is 382 Å². The molecule has 0 amide bonds. The third kappa shape index (κ3) is 10.4. The van der Waals surface area contributed by atoms with Crippen molar-refractivity contribution in [1.82, 2.24) is 43.2 Å². The van der Waals surface area contributed by atoms with E-state index in [4.69, 9.17) is 24.9 Å². The minimum absolute atomic E-state index is 0.639. The van der Waals surface area contributed by atoms with Crippen molar-refractivity contribution in [2.45, 2.75) is 0 Å².